The third kappa shape index (κ3) is 5.15. The van der Waals surface area contributed by atoms with Gasteiger partial charge in [0.2, 0.25) is 10.0 Å². The molecule has 0 aromatic heterocycles. The van der Waals surface area contributed by atoms with Crippen LogP contribution in [0.1, 0.15) is 10.4 Å². The summed E-state index contributed by atoms with van der Waals surface area (Å²) < 4.78 is 25.4. The number of sulfonamides is 1. The zero-order chi connectivity index (χ0) is 19.3. The number of hydrogen-bond acceptors (Lipinski definition) is 4. The van der Waals surface area contributed by atoms with Crippen LogP contribution in [-0.4, -0.2) is 37.8 Å². The van der Waals surface area contributed by atoms with Gasteiger partial charge in [-0.15, -0.1) is 0 Å². The number of nitrogens with one attached hydrogen (secondary N) is 3. The van der Waals surface area contributed by atoms with Crippen molar-refractivity contribution in [2.45, 2.75) is 4.90 Å². The molecule has 0 bridgehead atoms. The number of halogens is 1. The molecule has 0 atom stereocenters. The number of nitrogens with zero attached hydrogens (tertiary/aromatic N) is 1. The van der Waals surface area contributed by atoms with Gasteiger partial charge in [-0.25, -0.2) is 12.7 Å². The topological polar surface area (TPSA) is 90.5 Å². The van der Waals surface area contributed by atoms with Crippen LogP contribution in [0.5, 0.6) is 0 Å². The minimum absolute atomic E-state index is 0.0250. The van der Waals surface area contributed by atoms with Crippen LogP contribution in [-0.2, 0) is 10.0 Å². The summed E-state index contributed by atoms with van der Waals surface area (Å²) in [5.41, 5.74) is 5.83. The smallest absolute Gasteiger partial charge is 0.269 e. The SMILES string of the molecule is CN(C)S(=O)(=O)c1cccc(C(=O)NNC(=S)Nc2ccc(Cl)cc2)c1. The third-order valence-corrected chi connectivity index (χ3v) is 5.53. The summed E-state index contributed by atoms with van der Waals surface area (Å²) in [6, 6.07) is 12.6. The Kier molecular flexibility index (Phi) is 6.54. The van der Waals surface area contributed by atoms with Crippen LogP contribution in [0.25, 0.3) is 0 Å². The predicted molar refractivity (Wildman–Crippen MR) is 106 cm³/mol. The van der Waals surface area contributed by atoms with E-state index in [1.54, 1.807) is 24.3 Å². The molecule has 0 aliphatic heterocycles. The summed E-state index contributed by atoms with van der Waals surface area (Å²) in [5.74, 6) is -0.527. The second kappa shape index (κ2) is 8.45. The van der Waals surface area contributed by atoms with Gasteiger partial charge in [-0.3, -0.25) is 15.6 Å². The summed E-state index contributed by atoms with van der Waals surface area (Å²) in [5, 5.41) is 3.63. The highest BCUT2D eigenvalue weighted by atomic mass is 35.5. The van der Waals surface area contributed by atoms with Crippen molar-refractivity contribution in [3.05, 3.63) is 59.1 Å². The highest BCUT2D eigenvalue weighted by Crippen LogP contribution is 2.15. The minimum Gasteiger partial charge on any atom is -0.331 e. The van der Waals surface area contributed by atoms with Crippen LogP contribution in [0.15, 0.2) is 53.4 Å². The molecule has 138 valence electrons. The summed E-state index contributed by atoms with van der Waals surface area (Å²) in [6.45, 7) is 0. The maximum absolute atomic E-state index is 12.2. The molecule has 0 unspecified atom stereocenters. The maximum atomic E-state index is 12.2. The van der Waals surface area contributed by atoms with E-state index in [2.05, 4.69) is 16.2 Å². The van der Waals surface area contributed by atoms with Gasteiger partial charge in [0.1, 0.15) is 0 Å². The van der Waals surface area contributed by atoms with Gasteiger partial charge < -0.3 is 5.32 Å². The van der Waals surface area contributed by atoms with Crippen LogP contribution >= 0.6 is 23.8 Å². The standard InChI is InChI=1S/C16H17ClN4O3S2/c1-21(2)26(23,24)14-5-3-4-11(10-14)15(22)19-20-16(25)18-13-8-6-12(17)7-9-13/h3-10H,1-2H3,(H,19,22)(H2,18,20,25). The molecule has 0 aliphatic carbocycles. The lowest BCUT2D eigenvalue weighted by molar-refractivity contribution is 0.0944. The molecule has 0 spiro atoms. The van der Waals surface area contributed by atoms with Gasteiger partial charge in [0, 0.05) is 30.4 Å². The first-order chi connectivity index (χ1) is 12.2. The van der Waals surface area contributed by atoms with E-state index in [4.69, 9.17) is 23.8 Å². The van der Waals surface area contributed by atoms with Gasteiger partial charge in [0.25, 0.3) is 5.91 Å². The molecule has 7 nitrogen and oxygen atoms in total. The molecule has 2 aromatic carbocycles. The van der Waals surface area contributed by atoms with Gasteiger partial charge >= 0.3 is 0 Å². The first kappa shape index (κ1) is 20.1. The van der Waals surface area contributed by atoms with E-state index in [-0.39, 0.29) is 15.6 Å². The summed E-state index contributed by atoms with van der Waals surface area (Å²) in [7, 11) is -0.782. The molecule has 3 N–H and O–H groups in total. The second-order valence-corrected chi connectivity index (χ2v) is 8.35. The van der Waals surface area contributed by atoms with Crippen molar-refractivity contribution < 1.29 is 13.2 Å². The van der Waals surface area contributed by atoms with E-state index in [9.17, 15) is 13.2 Å². The second-order valence-electron chi connectivity index (χ2n) is 5.36. The number of hydrogen-bond donors (Lipinski definition) is 3. The number of carbonyl (C=O) groups excluding carboxylic acids is 1. The molecule has 10 heteroatoms. The zero-order valence-electron chi connectivity index (χ0n) is 14.0. The van der Waals surface area contributed by atoms with Gasteiger partial charge in [-0.2, -0.15) is 0 Å². The Balaban J connectivity index is 1.99. The lowest BCUT2D eigenvalue weighted by Crippen LogP contribution is -2.43. The Bertz CT molecular complexity index is 915. The Morgan fingerprint density at radius 2 is 1.73 bits per heavy atom. The lowest BCUT2D eigenvalue weighted by Gasteiger charge is -2.13. The highest BCUT2D eigenvalue weighted by molar-refractivity contribution is 7.89. The van der Waals surface area contributed by atoms with Crippen LogP contribution in [0.3, 0.4) is 0 Å². The Morgan fingerprint density at radius 1 is 1.08 bits per heavy atom. The molecule has 0 saturated heterocycles. The molecule has 1 amide bonds. The predicted octanol–water partition coefficient (Wildman–Crippen LogP) is 2.22. The Hall–Kier alpha value is -2.20. The van der Waals surface area contributed by atoms with Crippen LogP contribution < -0.4 is 16.2 Å². The van der Waals surface area contributed by atoms with E-state index < -0.39 is 15.9 Å². The van der Waals surface area contributed by atoms with E-state index in [0.29, 0.717) is 10.7 Å². The molecule has 0 saturated carbocycles. The fraction of sp³-hybridized carbons (Fsp3) is 0.125. The summed E-state index contributed by atoms with van der Waals surface area (Å²) in [4.78, 5) is 12.2. The van der Waals surface area contributed by atoms with Gasteiger partial charge in [-0.1, -0.05) is 17.7 Å². The average Bonchev–Trinajstić information content (AvgIpc) is 2.61. The van der Waals surface area contributed by atoms with Gasteiger partial charge in [0.15, 0.2) is 5.11 Å². The number of benzene rings is 2. The van der Waals surface area contributed by atoms with Crippen molar-refractivity contribution in [3.63, 3.8) is 0 Å². The van der Waals surface area contributed by atoms with E-state index in [1.165, 1.54) is 38.4 Å². The van der Waals surface area contributed by atoms with Crippen molar-refractivity contribution in [3.8, 4) is 0 Å². The zero-order valence-corrected chi connectivity index (χ0v) is 16.4. The fourth-order valence-corrected chi connectivity index (χ4v) is 3.13. The van der Waals surface area contributed by atoms with Gasteiger partial charge in [-0.05, 0) is 54.7 Å². The minimum atomic E-state index is -3.62. The molecular weight excluding hydrogens is 396 g/mol. The molecule has 0 heterocycles. The molecule has 26 heavy (non-hydrogen) atoms. The maximum Gasteiger partial charge on any atom is 0.269 e. The Labute approximate surface area is 162 Å². The van der Waals surface area contributed by atoms with E-state index in [0.717, 1.165) is 4.31 Å². The quantitative estimate of drug-likeness (QED) is 0.527. The highest BCUT2D eigenvalue weighted by Gasteiger charge is 2.18. The van der Waals surface area contributed by atoms with Crippen LogP contribution in [0.4, 0.5) is 5.69 Å². The fourth-order valence-electron chi connectivity index (χ4n) is 1.89. The van der Waals surface area contributed by atoms with Crippen LogP contribution in [0, 0.1) is 0 Å². The molecule has 0 fully saturated rings. The summed E-state index contributed by atoms with van der Waals surface area (Å²) >= 11 is 10.9. The third-order valence-electron chi connectivity index (χ3n) is 3.27. The van der Waals surface area contributed by atoms with Crippen molar-refractivity contribution in [2.24, 2.45) is 0 Å². The number of carbonyl (C=O) groups is 1. The molecular formula is C16H17ClN4O3S2. The van der Waals surface area contributed by atoms with Crippen molar-refractivity contribution in [1.82, 2.24) is 15.2 Å². The van der Waals surface area contributed by atoms with Crippen molar-refractivity contribution in [2.75, 3.05) is 19.4 Å². The van der Waals surface area contributed by atoms with E-state index >= 15 is 0 Å². The Morgan fingerprint density at radius 3 is 2.35 bits per heavy atom. The van der Waals surface area contributed by atoms with Gasteiger partial charge in [0.05, 0.1) is 4.90 Å². The largest absolute Gasteiger partial charge is 0.331 e. The number of thiocarbonyl (C=S) groups is 1. The number of anilines is 1. The molecule has 0 aliphatic rings. The number of amides is 1. The molecule has 0 radical (unpaired) electrons. The first-order valence-corrected chi connectivity index (χ1v) is 9.58. The monoisotopic (exact) mass is 412 g/mol. The van der Waals surface area contributed by atoms with E-state index in [1.807, 2.05) is 0 Å². The van der Waals surface area contributed by atoms with Crippen molar-refractivity contribution in [1.29, 1.82) is 0 Å². The van der Waals surface area contributed by atoms with Crippen molar-refractivity contribution >= 4 is 50.5 Å². The normalized spacial score (nSPS) is 11.1. The number of rotatable bonds is 4. The number of hydrazine groups is 1. The summed E-state index contributed by atoms with van der Waals surface area (Å²) in [6.07, 6.45) is 0. The average molecular weight is 413 g/mol. The first-order valence-electron chi connectivity index (χ1n) is 7.35. The van der Waals surface area contributed by atoms with Crippen LogP contribution in [0.2, 0.25) is 5.02 Å². The molecule has 2 rings (SSSR count). The lowest BCUT2D eigenvalue weighted by atomic mass is 10.2. The molecule has 2 aromatic rings.